The van der Waals surface area contributed by atoms with E-state index in [9.17, 15) is 13.2 Å². The van der Waals surface area contributed by atoms with E-state index >= 15 is 0 Å². The van der Waals surface area contributed by atoms with Crippen molar-refractivity contribution in [3.05, 3.63) is 107 Å². The summed E-state index contributed by atoms with van der Waals surface area (Å²) < 4.78 is 39.9. The zero-order valence-electron chi connectivity index (χ0n) is 15.5. The summed E-state index contributed by atoms with van der Waals surface area (Å²) in [5, 5.41) is 0. The van der Waals surface area contributed by atoms with E-state index in [2.05, 4.69) is 30.0 Å². The molecule has 0 radical (unpaired) electrons. The zero-order valence-corrected chi connectivity index (χ0v) is 15.5. The van der Waals surface area contributed by atoms with Crippen LogP contribution < -0.4 is 0 Å². The van der Waals surface area contributed by atoms with Crippen molar-refractivity contribution in [3.63, 3.8) is 0 Å². The van der Waals surface area contributed by atoms with Crippen LogP contribution >= 0.6 is 0 Å². The Morgan fingerprint density at radius 2 is 1.29 bits per heavy atom. The molecule has 0 amide bonds. The summed E-state index contributed by atoms with van der Waals surface area (Å²) in [6, 6.07) is 17.1. The van der Waals surface area contributed by atoms with Crippen LogP contribution in [0.25, 0.3) is 11.1 Å². The van der Waals surface area contributed by atoms with Gasteiger partial charge in [-0.05, 0) is 72.9 Å². The highest BCUT2D eigenvalue weighted by Crippen LogP contribution is 2.24. The second-order valence-corrected chi connectivity index (χ2v) is 6.39. The number of hydrogen-bond donors (Lipinski definition) is 0. The molecule has 0 spiro atoms. The Labute approximate surface area is 163 Å². The standard InChI is InChI=1S/C25H19F3/c1-2-3-4-5-18-6-8-19(9-7-18)10-11-20-12-14-21(15-13-20)22-16-23(26)25(28)24(27)17-22/h2-3,6-9,12-17H,4-5H2,1H3/b3-2+. The van der Waals surface area contributed by atoms with Crippen molar-refractivity contribution in [2.24, 2.45) is 0 Å². The van der Waals surface area contributed by atoms with Gasteiger partial charge in [-0.1, -0.05) is 48.3 Å². The van der Waals surface area contributed by atoms with Gasteiger partial charge in [0.1, 0.15) is 0 Å². The summed E-state index contributed by atoms with van der Waals surface area (Å²) in [6.07, 6.45) is 6.22. The molecule has 3 heteroatoms. The lowest BCUT2D eigenvalue weighted by Crippen LogP contribution is -1.91. The topological polar surface area (TPSA) is 0 Å². The Morgan fingerprint density at radius 3 is 1.82 bits per heavy atom. The first kappa shape index (κ1) is 19.5. The van der Waals surface area contributed by atoms with Crippen molar-refractivity contribution in [1.29, 1.82) is 0 Å². The molecule has 0 bridgehead atoms. The largest absolute Gasteiger partial charge is 0.204 e. The van der Waals surface area contributed by atoms with Gasteiger partial charge in [0.15, 0.2) is 17.5 Å². The van der Waals surface area contributed by atoms with Gasteiger partial charge in [-0.3, -0.25) is 0 Å². The fourth-order valence-electron chi connectivity index (χ4n) is 2.78. The molecule has 0 nitrogen and oxygen atoms in total. The molecule has 0 fully saturated rings. The van der Waals surface area contributed by atoms with Crippen LogP contribution in [0, 0.1) is 29.3 Å². The predicted molar refractivity (Wildman–Crippen MR) is 107 cm³/mol. The van der Waals surface area contributed by atoms with Gasteiger partial charge in [-0.25, -0.2) is 13.2 Å². The maximum Gasteiger partial charge on any atom is 0.194 e. The van der Waals surface area contributed by atoms with E-state index in [1.807, 2.05) is 25.1 Å². The SMILES string of the molecule is C/C=C/CCc1ccc(C#Cc2ccc(-c3cc(F)c(F)c(F)c3)cc2)cc1. The molecule has 0 aliphatic rings. The second-order valence-electron chi connectivity index (χ2n) is 6.39. The summed E-state index contributed by atoms with van der Waals surface area (Å²) in [5.41, 5.74) is 3.84. The molecular formula is C25H19F3. The van der Waals surface area contributed by atoms with Crippen molar-refractivity contribution < 1.29 is 13.2 Å². The smallest absolute Gasteiger partial charge is 0.194 e. The van der Waals surface area contributed by atoms with E-state index in [0.29, 0.717) is 5.56 Å². The van der Waals surface area contributed by atoms with E-state index in [-0.39, 0.29) is 5.56 Å². The van der Waals surface area contributed by atoms with Gasteiger partial charge in [-0.2, -0.15) is 0 Å². The lowest BCUT2D eigenvalue weighted by molar-refractivity contribution is 0.448. The predicted octanol–water partition coefficient (Wildman–Crippen LogP) is 6.68. The Bertz CT molecular complexity index is 1010. The zero-order chi connectivity index (χ0) is 19.9. The van der Waals surface area contributed by atoms with Crippen LogP contribution in [-0.2, 0) is 6.42 Å². The van der Waals surface area contributed by atoms with Gasteiger partial charge < -0.3 is 0 Å². The van der Waals surface area contributed by atoms with E-state index < -0.39 is 17.5 Å². The lowest BCUT2D eigenvalue weighted by Gasteiger charge is -2.04. The minimum atomic E-state index is -1.46. The molecule has 0 aliphatic carbocycles. The molecule has 0 atom stereocenters. The van der Waals surface area contributed by atoms with Crippen LogP contribution in [-0.4, -0.2) is 0 Å². The van der Waals surface area contributed by atoms with Gasteiger partial charge in [0.2, 0.25) is 0 Å². The molecular weight excluding hydrogens is 357 g/mol. The molecule has 3 aromatic carbocycles. The molecule has 0 aromatic heterocycles. The molecule has 0 aliphatic heterocycles. The molecule has 3 rings (SSSR count). The maximum absolute atomic E-state index is 13.4. The fraction of sp³-hybridized carbons (Fsp3) is 0.120. The number of allylic oxidation sites excluding steroid dienone is 2. The third-order valence-electron chi connectivity index (χ3n) is 4.34. The lowest BCUT2D eigenvalue weighted by atomic mass is 10.0. The van der Waals surface area contributed by atoms with Gasteiger partial charge in [0.05, 0.1) is 0 Å². The normalized spacial score (nSPS) is 10.7. The molecule has 0 unspecified atom stereocenters. The molecule has 28 heavy (non-hydrogen) atoms. The van der Waals surface area contributed by atoms with Crippen LogP contribution in [0.4, 0.5) is 13.2 Å². The monoisotopic (exact) mass is 376 g/mol. The summed E-state index contributed by atoms with van der Waals surface area (Å²) >= 11 is 0. The summed E-state index contributed by atoms with van der Waals surface area (Å²) in [7, 11) is 0. The number of benzene rings is 3. The van der Waals surface area contributed by atoms with Gasteiger partial charge in [0.25, 0.3) is 0 Å². The highest BCUT2D eigenvalue weighted by Gasteiger charge is 2.11. The third-order valence-corrected chi connectivity index (χ3v) is 4.34. The molecule has 0 saturated heterocycles. The molecule has 0 N–H and O–H groups in total. The van der Waals surface area contributed by atoms with Gasteiger partial charge >= 0.3 is 0 Å². The number of rotatable bonds is 4. The third kappa shape index (κ3) is 4.92. The highest BCUT2D eigenvalue weighted by molar-refractivity contribution is 5.64. The fourth-order valence-corrected chi connectivity index (χ4v) is 2.78. The van der Waals surface area contributed by atoms with E-state index in [0.717, 1.165) is 36.1 Å². The summed E-state index contributed by atoms with van der Waals surface area (Å²) in [4.78, 5) is 0. The van der Waals surface area contributed by atoms with Gasteiger partial charge in [-0.15, -0.1) is 0 Å². The molecule has 3 aromatic rings. The highest BCUT2D eigenvalue weighted by atomic mass is 19.2. The van der Waals surface area contributed by atoms with Gasteiger partial charge in [0, 0.05) is 11.1 Å². The Morgan fingerprint density at radius 1 is 0.750 bits per heavy atom. The first-order valence-electron chi connectivity index (χ1n) is 9.04. The maximum atomic E-state index is 13.4. The second kappa shape index (κ2) is 9.10. The minimum Gasteiger partial charge on any atom is -0.204 e. The van der Waals surface area contributed by atoms with E-state index in [4.69, 9.17) is 0 Å². The van der Waals surface area contributed by atoms with Crippen molar-refractivity contribution in [2.45, 2.75) is 19.8 Å². The van der Waals surface area contributed by atoms with Crippen LogP contribution in [0.15, 0.2) is 72.8 Å². The first-order chi connectivity index (χ1) is 13.6. The molecule has 140 valence electrons. The molecule has 0 heterocycles. The Hall–Kier alpha value is -3.25. The van der Waals surface area contributed by atoms with Crippen LogP contribution in [0.3, 0.4) is 0 Å². The van der Waals surface area contributed by atoms with Crippen molar-refractivity contribution >= 4 is 0 Å². The average molecular weight is 376 g/mol. The minimum absolute atomic E-state index is 0.282. The number of halogens is 3. The summed E-state index contributed by atoms with van der Waals surface area (Å²) in [5.74, 6) is 2.32. The van der Waals surface area contributed by atoms with Crippen LogP contribution in [0.2, 0.25) is 0 Å². The first-order valence-corrected chi connectivity index (χ1v) is 9.04. The Kier molecular flexibility index (Phi) is 6.34. The Balaban J connectivity index is 1.71. The average Bonchev–Trinajstić information content (AvgIpc) is 2.71. The molecule has 0 saturated carbocycles. The number of aryl methyl sites for hydroxylation is 1. The number of hydrogen-bond acceptors (Lipinski definition) is 0. The summed E-state index contributed by atoms with van der Waals surface area (Å²) in [6.45, 7) is 2.02. The van der Waals surface area contributed by atoms with Crippen molar-refractivity contribution in [3.8, 4) is 23.0 Å². The van der Waals surface area contributed by atoms with E-state index in [1.54, 1.807) is 24.3 Å². The quantitative estimate of drug-likeness (QED) is 0.271. The van der Waals surface area contributed by atoms with Crippen LogP contribution in [0.5, 0.6) is 0 Å². The van der Waals surface area contributed by atoms with Crippen molar-refractivity contribution in [1.82, 2.24) is 0 Å². The van der Waals surface area contributed by atoms with Crippen molar-refractivity contribution in [2.75, 3.05) is 0 Å². The van der Waals surface area contributed by atoms with Crippen LogP contribution in [0.1, 0.15) is 30.0 Å². The van der Waals surface area contributed by atoms with E-state index in [1.165, 1.54) is 5.56 Å².